The van der Waals surface area contributed by atoms with Crippen molar-refractivity contribution < 1.29 is 22.7 Å². The van der Waals surface area contributed by atoms with E-state index in [1.807, 2.05) is 24.3 Å². The Balaban J connectivity index is 1.53. The highest BCUT2D eigenvalue weighted by Crippen LogP contribution is 2.23. The van der Waals surface area contributed by atoms with E-state index in [1.54, 1.807) is 31.4 Å². The summed E-state index contributed by atoms with van der Waals surface area (Å²) in [5.41, 5.74) is 2.28. The van der Waals surface area contributed by atoms with Gasteiger partial charge in [-0.15, -0.1) is 0 Å². The highest BCUT2D eigenvalue weighted by atomic mass is 32.2. The van der Waals surface area contributed by atoms with Crippen LogP contribution in [0.5, 0.6) is 5.75 Å². The summed E-state index contributed by atoms with van der Waals surface area (Å²) in [6, 6.07) is 14.1. The third-order valence-electron chi connectivity index (χ3n) is 4.23. The van der Waals surface area contributed by atoms with Crippen LogP contribution in [0.1, 0.15) is 11.1 Å². The van der Waals surface area contributed by atoms with Gasteiger partial charge in [0.25, 0.3) is 5.24 Å². The van der Waals surface area contributed by atoms with E-state index < -0.39 is 15.3 Å². The minimum atomic E-state index is -3.48. The quantitative estimate of drug-likeness (QED) is 0.681. The molecule has 1 saturated heterocycles. The number of rotatable bonds is 8. The van der Waals surface area contributed by atoms with E-state index in [-0.39, 0.29) is 16.9 Å². The zero-order valence-electron chi connectivity index (χ0n) is 15.2. The van der Waals surface area contributed by atoms with Crippen molar-refractivity contribution in [2.75, 3.05) is 17.6 Å². The molecule has 1 unspecified atom stereocenters. The number of hydrogen-bond acceptors (Lipinski definition) is 6. The number of hydrogen-bond donors (Lipinski definition) is 2. The summed E-state index contributed by atoms with van der Waals surface area (Å²) < 4.78 is 32.1. The zero-order chi connectivity index (χ0) is 20.1. The maximum absolute atomic E-state index is 12.3. The lowest BCUT2D eigenvalue weighted by molar-refractivity contribution is -0.118. The minimum absolute atomic E-state index is 0.0479. The fourth-order valence-corrected chi connectivity index (χ4v) is 4.69. The molecular formula is C19H20N2O5S2. The van der Waals surface area contributed by atoms with Crippen LogP contribution in [0.2, 0.25) is 0 Å². The number of amides is 2. The fraction of sp³-hybridized carbons (Fsp3) is 0.263. The predicted molar refractivity (Wildman–Crippen MR) is 109 cm³/mol. The molecule has 0 aromatic heterocycles. The van der Waals surface area contributed by atoms with Gasteiger partial charge in [-0.1, -0.05) is 36.0 Å². The Labute approximate surface area is 167 Å². The Hall–Kier alpha value is -2.52. The summed E-state index contributed by atoms with van der Waals surface area (Å²) in [6.07, 6.45) is 0.822. The molecule has 0 saturated carbocycles. The Morgan fingerprint density at radius 1 is 1.04 bits per heavy atom. The second kappa shape index (κ2) is 8.66. The van der Waals surface area contributed by atoms with Gasteiger partial charge in [0.1, 0.15) is 5.75 Å². The first-order chi connectivity index (χ1) is 13.3. The van der Waals surface area contributed by atoms with E-state index in [9.17, 15) is 18.0 Å². The monoisotopic (exact) mass is 420 g/mol. The molecule has 2 aromatic rings. The normalized spacial score (nSPS) is 16.7. The second-order valence-corrected chi connectivity index (χ2v) is 9.32. The zero-order valence-corrected chi connectivity index (χ0v) is 16.8. The SMILES string of the molecule is COc1ccc(NS(=O)(=O)CCc2ccc(CC3SC(=O)NC3=O)cc2)cc1. The van der Waals surface area contributed by atoms with Crippen LogP contribution in [0.4, 0.5) is 10.5 Å². The van der Waals surface area contributed by atoms with Gasteiger partial charge >= 0.3 is 0 Å². The molecule has 9 heteroatoms. The molecule has 0 aliphatic carbocycles. The Morgan fingerprint density at radius 3 is 2.25 bits per heavy atom. The number of thioether (sulfide) groups is 1. The van der Waals surface area contributed by atoms with Crippen molar-refractivity contribution in [3.05, 3.63) is 59.7 Å². The van der Waals surface area contributed by atoms with Crippen LogP contribution in [-0.4, -0.2) is 37.7 Å². The van der Waals surface area contributed by atoms with Gasteiger partial charge in [-0.2, -0.15) is 0 Å². The predicted octanol–water partition coefficient (Wildman–Crippen LogP) is 2.57. The van der Waals surface area contributed by atoms with Crippen LogP contribution in [-0.2, 0) is 27.7 Å². The van der Waals surface area contributed by atoms with Crippen molar-refractivity contribution in [2.45, 2.75) is 18.1 Å². The number of benzene rings is 2. The van der Waals surface area contributed by atoms with Crippen LogP contribution >= 0.6 is 11.8 Å². The topological polar surface area (TPSA) is 102 Å². The molecule has 148 valence electrons. The Morgan fingerprint density at radius 2 is 1.68 bits per heavy atom. The van der Waals surface area contributed by atoms with Gasteiger partial charge in [-0.25, -0.2) is 8.42 Å². The summed E-state index contributed by atoms with van der Waals surface area (Å²) in [4.78, 5) is 22.8. The Bertz CT molecular complexity index is 957. The van der Waals surface area contributed by atoms with Crippen molar-refractivity contribution in [3.63, 3.8) is 0 Å². The lowest BCUT2D eigenvalue weighted by Gasteiger charge is -2.10. The van der Waals surface area contributed by atoms with Gasteiger partial charge in [0, 0.05) is 5.69 Å². The summed E-state index contributed by atoms with van der Waals surface area (Å²) in [5, 5.41) is 1.54. The average molecular weight is 421 g/mol. The van der Waals surface area contributed by atoms with Crippen molar-refractivity contribution in [1.82, 2.24) is 5.32 Å². The smallest absolute Gasteiger partial charge is 0.286 e. The van der Waals surface area contributed by atoms with E-state index in [1.165, 1.54) is 0 Å². The molecule has 1 aliphatic heterocycles. The Kier molecular flexibility index (Phi) is 6.25. The van der Waals surface area contributed by atoms with E-state index in [4.69, 9.17) is 4.74 Å². The molecule has 7 nitrogen and oxygen atoms in total. The number of anilines is 1. The first-order valence-corrected chi connectivity index (χ1v) is 11.1. The number of imide groups is 1. The van der Waals surface area contributed by atoms with Gasteiger partial charge in [0.15, 0.2) is 0 Å². The van der Waals surface area contributed by atoms with E-state index in [0.717, 1.165) is 22.9 Å². The van der Waals surface area contributed by atoms with Crippen LogP contribution in [0, 0.1) is 0 Å². The summed E-state index contributed by atoms with van der Waals surface area (Å²) in [5.74, 6) is 0.337. The molecule has 2 aromatic carbocycles. The molecule has 1 atom stereocenters. The third-order valence-corrected chi connectivity index (χ3v) is 6.50. The molecule has 1 fully saturated rings. The van der Waals surface area contributed by atoms with Gasteiger partial charge in [-0.3, -0.25) is 19.6 Å². The minimum Gasteiger partial charge on any atom is -0.497 e. The summed E-state index contributed by atoms with van der Waals surface area (Å²) in [6.45, 7) is 0. The average Bonchev–Trinajstić information content (AvgIpc) is 2.98. The van der Waals surface area contributed by atoms with Gasteiger partial charge in [0.05, 0.1) is 18.1 Å². The van der Waals surface area contributed by atoms with E-state index >= 15 is 0 Å². The number of ether oxygens (including phenoxy) is 1. The first-order valence-electron chi connectivity index (χ1n) is 8.58. The fourth-order valence-electron chi connectivity index (χ4n) is 2.73. The van der Waals surface area contributed by atoms with Crippen LogP contribution in [0.15, 0.2) is 48.5 Å². The molecule has 0 bridgehead atoms. The summed E-state index contributed by atoms with van der Waals surface area (Å²) in [7, 11) is -1.93. The lowest BCUT2D eigenvalue weighted by Crippen LogP contribution is -2.25. The molecular weight excluding hydrogens is 400 g/mol. The molecule has 2 amide bonds. The lowest BCUT2D eigenvalue weighted by atomic mass is 10.1. The number of nitrogens with one attached hydrogen (secondary N) is 2. The van der Waals surface area contributed by atoms with Crippen molar-refractivity contribution >= 4 is 38.6 Å². The first kappa shape index (κ1) is 20.2. The molecule has 0 spiro atoms. The highest BCUT2D eigenvalue weighted by molar-refractivity contribution is 8.15. The second-order valence-electron chi connectivity index (χ2n) is 6.30. The number of sulfonamides is 1. The highest BCUT2D eigenvalue weighted by Gasteiger charge is 2.31. The molecule has 3 rings (SSSR count). The van der Waals surface area contributed by atoms with Crippen molar-refractivity contribution in [1.29, 1.82) is 0 Å². The number of carbonyl (C=O) groups excluding carboxylic acids is 2. The van der Waals surface area contributed by atoms with Gasteiger partial charge in [-0.05, 0) is 48.2 Å². The number of aryl methyl sites for hydroxylation is 1. The van der Waals surface area contributed by atoms with Crippen LogP contribution in [0.3, 0.4) is 0 Å². The maximum atomic E-state index is 12.3. The van der Waals surface area contributed by atoms with E-state index in [0.29, 0.717) is 24.3 Å². The van der Waals surface area contributed by atoms with Crippen LogP contribution < -0.4 is 14.8 Å². The van der Waals surface area contributed by atoms with Gasteiger partial charge in [0.2, 0.25) is 15.9 Å². The van der Waals surface area contributed by atoms with Crippen molar-refractivity contribution in [2.24, 2.45) is 0 Å². The molecule has 1 aliphatic rings. The molecule has 2 N–H and O–H groups in total. The van der Waals surface area contributed by atoms with Gasteiger partial charge < -0.3 is 4.74 Å². The molecule has 1 heterocycles. The standard InChI is InChI=1S/C19H20N2O5S2/c1-26-16-8-6-15(7-9-16)21-28(24,25)11-10-13-2-4-14(5-3-13)12-17-18(22)20-19(23)27-17/h2-9,17,21H,10-12H2,1H3,(H,20,22,23). The maximum Gasteiger partial charge on any atom is 0.286 e. The molecule has 28 heavy (non-hydrogen) atoms. The number of carbonyl (C=O) groups is 2. The third kappa shape index (κ3) is 5.49. The largest absolute Gasteiger partial charge is 0.497 e. The molecule has 0 radical (unpaired) electrons. The van der Waals surface area contributed by atoms with E-state index in [2.05, 4.69) is 10.0 Å². The van der Waals surface area contributed by atoms with Crippen molar-refractivity contribution in [3.8, 4) is 5.75 Å². The van der Waals surface area contributed by atoms with Crippen LogP contribution in [0.25, 0.3) is 0 Å². The number of methoxy groups -OCH3 is 1. The summed E-state index contributed by atoms with van der Waals surface area (Å²) >= 11 is 0.994.